The van der Waals surface area contributed by atoms with Gasteiger partial charge in [0.05, 0.1) is 16.3 Å². The van der Waals surface area contributed by atoms with E-state index in [-0.39, 0.29) is 11.2 Å². The van der Waals surface area contributed by atoms with E-state index in [1.807, 2.05) is 18.4 Å². The zero-order valence-corrected chi connectivity index (χ0v) is 16.8. The Bertz CT molecular complexity index is 1050. The average Bonchev–Trinajstić information content (AvgIpc) is 3.19. The Morgan fingerprint density at radius 2 is 2.00 bits per heavy atom. The average molecular weight is 406 g/mol. The van der Waals surface area contributed by atoms with Gasteiger partial charge in [0, 0.05) is 18.0 Å². The number of hydrogen-bond donors (Lipinski definition) is 2. The Morgan fingerprint density at radius 3 is 2.63 bits per heavy atom. The van der Waals surface area contributed by atoms with Gasteiger partial charge in [-0.05, 0) is 48.6 Å². The number of aromatic nitrogens is 1. The van der Waals surface area contributed by atoms with Crippen molar-refractivity contribution in [3.05, 3.63) is 68.4 Å². The molecular formula is C19H20FN3O2S2. The second kappa shape index (κ2) is 8.06. The van der Waals surface area contributed by atoms with Crippen LogP contribution < -0.4 is 15.6 Å². The SMILES string of the molecule is CCc1ccc(Nc2c(NS(=O)c3ccsc3)cc(C)c(=O)n2C)c(F)c1. The van der Waals surface area contributed by atoms with Crippen LogP contribution in [0.3, 0.4) is 0 Å². The molecular weight excluding hydrogens is 385 g/mol. The van der Waals surface area contributed by atoms with Gasteiger partial charge in [0.2, 0.25) is 0 Å². The van der Waals surface area contributed by atoms with Gasteiger partial charge in [-0.15, -0.1) is 0 Å². The van der Waals surface area contributed by atoms with Crippen LogP contribution in [-0.4, -0.2) is 8.78 Å². The molecule has 0 bridgehead atoms. The fraction of sp³-hybridized carbons (Fsp3) is 0.211. The molecule has 0 aliphatic carbocycles. The highest BCUT2D eigenvalue weighted by Crippen LogP contribution is 2.28. The minimum atomic E-state index is -1.49. The molecule has 0 radical (unpaired) electrons. The minimum Gasteiger partial charge on any atom is -0.337 e. The van der Waals surface area contributed by atoms with Gasteiger partial charge in [-0.3, -0.25) is 14.1 Å². The maximum Gasteiger partial charge on any atom is 0.254 e. The predicted molar refractivity (Wildman–Crippen MR) is 110 cm³/mol. The van der Waals surface area contributed by atoms with E-state index in [0.29, 0.717) is 22.0 Å². The highest BCUT2D eigenvalue weighted by Gasteiger charge is 2.15. The summed E-state index contributed by atoms with van der Waals surface area (Å²) in [4.78, 5) is 13.0. The number of rotatable bonds is 6. The minimum absolute atomic E-state index is 0.213. The maximum absolute atomic E-state index is 14.4. The summed E-state index contributed by atoms with van der Waals surface area (Å²) < 4.78 is 31.3. The molecule has 3 aromatic rings. The Labute approximate surface area is 163 Å². The summed E-state index contributed by atoms with van der Waals surface area (Å²) in [7, 11) is 0.0981. The van der Waals surface area contributed by atoms with Crippen LogP contribution >= 0.6 is 11.3 Å². The Hall–Kier alpha value is -2.45. The van der Waals surface area contributed by atoms with E-state index in [1.165, 1.54) is 22.0 Å². The summed E-state index contributed by atoms with van der Waals surface area (Å²) in [6.07, 6.45) is 0.729. The van der Waals surface area contributed by atoms with Crippen molar-refractivity contribution < 1.29 is 8.60 Å². The largest absolute Gasteiger partial charge is 0.337 e. The van der Waals surface area contributed by atoms with Gasteiger partial charge in [-0.25, -0.2) is 8.60 Å². The number of nitrogens with zero attached hydrogens (tertiary/aromatic N) is 1. The summed E-state index contributed by atoms with van der Waals surface area (Å²) in [6.45, 7) is 3.63. The molecule has 2 N–H and O–H groups in total. The van der Waals surface area contributed by atoms with Crippen LogP contribution in [0.5, 0.6) is 0 Å². The monoisotopic (exact) mass is 405 g/mol. The number of benzene rings is 1. The van der Waals surface area contributed by atoms with Crippen molar-refractivity contribution in [1.82, 2.24) is 4.57 Å². The van der Waals surface area contributed by atoms with Gasteiger partial charge in [-0.1, -0.05) is 13.0 Å². The quantitative estimate of drug-likeness (QED) is 0.641. The predicted octanol–water partition coefficient (Wildman–Crippen LogP) is 4.34. The van der Waals surface area contributed by atoms with E-state index in [9.17, 15) is 13.4 Å². The normalized spacial score (nSPS) is 12.0. The summed E-state index contributed by atoms with van der Waals surface area (Å²) >= 11 is 1.45. The van der Waals surface area contributed by atoms with Crippen molar-refractivity contribution in [2.24, 2.45) is 7.05 Å². The van der Waals surface area contributed by atoms with Crippen molar-refractivity contribution in [2.75, 3.05) is 10.0 Å². The van der Waals surface area contributed by atoms with Gasteiger partial charge in [0.15, 0.2) is 11.0 Å². The summed E-state index contributed by atoms with van der Waals surface area (Å²) in [5.41, 5.74) is 1.87. The fourth-order valence-electron chi connectivity index (χ4n) is 2.65. The van der Waals surface area contributed by atoms with Crippen molar-refractivity contribution in [3.63, 3.8) is 0 Å². The Morgan fingerprint density at radius 1 is 1.22 bits per heavy atom. The molecule has 0 saturated carbocycles. The van der Waals surface area contributed by atoms with Gasteiger partial charge >= 0.3 is 0 Å². The molecule has 142 valence electrons. The first-order valence-corrected chi connectivity index (χ1v) is 10.5. The molecule has 2 aromatic heterocycles. The van der Waals surface area contributed by atoms with E-state index in [4.69, 9.17) is 0 Å². The van der Waals surface area contributed by atoms with Gasteiger partial charge in [-0.2, -0.15) is 11.3 Å². The van der Waals surface area contributed by atoms with Crippen molar-refractivity contribution >= 4 is 39.5 Å². The number of halogens is 1. The molecule has 27 heavy (non-hydrogen) atoms. The van der Waals surface area contributed by atoms with E-state index in [0.717, 1.165) is 12.0 Å². The first kappa shape index (κ1) is 19.3. The van der Waals surface area contributed by atoms with Crippen LogP contribution in [0.2, 0.25) is 0 Å². The van der Waals surface area contributed by atoms with E-state index < -0.39 is 16.8 Å². The molecule has 0 spiro atoms. The highest BCUT2D eigenvalue weighted by molar-refractivity contribution is 7.86. The van der Waals surface area contributed by atoms with E-state index in [2.05, 4.69) is 10.0 Å². The maximum atomic E-state index is 14.4. The molecule has 5 nitrogen and oxygen atoms in total. The van der Waals surface area contributed by atoms with Crippen LogP contribution in [0.25, 0.3) is 0 Å². The van der Waals surface area contributed by atoms with Crippen LogP contribution in [0.15, 0.2) is 50.8 Å². The van der Waals surface area contributed by atoms with E-state index in [1.54, 1.807) is 37.6 Å². The number of aryl methyl sites for hydroxylation is 2. The zero-order chi connectivity index (χ0) is 19.6. The van der Waals surface area contributed by atoms with Gasteiger partial charge in [0.1, 0.15) is 11.6 Å². The number of pyridine rings is 1. The third-order valence-electron chi connectivity index (χ3n) is 4.20. The summed E-state index contributed by atoms with van der Waals surface area (Å²) in [5, 5.41) is 6.60. The Kier molecular flexibility index (Phi) is 5.76. The van der Waals surface area contributed by atoms with Crippen LogP contribution in [0.4, 0.5) is 21.6 Å². The molecule has 1 aromatic carbocycles. The lowest BCUT2D eigenvalue weighted by Crippen LogP contribution is -2.23. The van der Waals surface area contributed by atoms with E-state index >= 15 is 0 Å². The molecule has 0 saturated heterocycles. The molecule has 2 heterocycles. The summed E-state index contributed by atoms with van der Waals surface area (Å²) in [6, 6.07) is 8.31. The fourth-order valence-corrected chi connectivity index (χ4v) is 4.43. The lowest BCUT2D eigenvalue weighted by molar-refractivity contribution is 0.629. The highest BCUT2D eigenvalue weighted by atomic mass is 32.2. The molecule has 0 fully saturated rings. The van der Waals surface area contributed by atoms with Gasteiger partial charge < -0.3 is 5.32 Å². The standard InChI is InChI=1S/C19H20FN3O2S2/c1-4-13-5-6-16(15(20)10-13)21-18-17(9-12(2)19(24)23(18)3)22-27(25)14-7-8-26-11-14/h5-11,21-22H,4H2,1-3H3. The zero-order valence-electron chi connectivity index (χ0n) is 15.2. The molecule has 1 unspecified atom stereocenters. The lowest BCUT2D eigenvalue weighted by Gasteiger charge is -2.18. The van der Waals surface area contributed by atoms with Crippen molar-refractivity contribution in [1.29, 1.82) is 0 Å². The number of anilines is 3. The van der Waals surface area contributed by atoms with Crippen LogP contribution in [0.1, 0.15) is 18.1 Å². The van der Waals surface area contributed by atoms with Crippen molar-refractivity contribution in [2.45, 2.75) is 25.2 Å². The molecule has 0 amide bonds. The molecule has 8 heteroatoms. The van der Waals surface area contributed by atoms with Crippen LogP contribution in [0, 0.1) is 12.7 Å². The third kappa shape index (κ3) is 4.12. The number of hydrogen-bond acceptors (Lipinski definition) is 4. The molecule has 3 rings (SSSR count). The molecule has 0 aliphatic rings. The Balaban J connectivity index is 2.01. The van der Waals surface area contributed by atoms with Crippen molar-refractivity contribution in [3.8, 4) is 0 Å². The number of thiophene rings is 1. The lowest BCUT2D eigenvalue weighted by atomic mass is 10.1. The van der Waals surface area contributed by atoms with Gasteiger partial charge in [0.25, 0.3) is 5.56 Å². The first-order chi connectivity index (χ1) is 12.9. The smallest absolute Gasteiger partial charge is 0.254 e. The topological polar surface area (TPSA) is 63.1 Å². The second-order valence-corrected chi connectivity index (χ2v) is 8.07. The molecule has 1 atom stereocenters. The molecule has 0 aliphatic heterocycles. The number of nitrogens with one attached hydrogen (secondary N) is 2. The third-order valence-corrected chi connectivity index (χ3v) is 6.12. The second-order valence-electron chi connectivity index (χ2n) is 6.08. The first-order valence-electron chi connectivity index (χ1n) is 8.37. The summed E-state index contributed by atoms with van der Waals surface area (Å²) in [5.74, 6) is -0.0652. The van der Waals surface area contributed by atoms with Crippen LogP contribution in [-0.2, 0) is 24.5 Å².